The molecule has 0 spiro atoms. The lowest BCUT2D eigenvalue weighted by atomic mass is 9.97. The van der Waals surface area contributed by atoms with Crippen molar-refractivity contribution < 1.29 is 27.1 Å². The summed E-state index contributed by atoms with van der Waals surface area (Å²) in [5.41, 5.74) is 1.67. The molecule has 0 aliphatic carbocycles. The molecule has 0 atom stereocenters. The molecule has 0 radical (unpaired) electrons. The van der Waals surface area contributed by atoms with Crippen molar-refractivity contribution in [3.8, 4) is 23.0 Å². The zero-order valence-electron chi connectivity index (χ0n) is 20.8. The Balaban J connectivity index is 1.35. The normalized spacial score (nSPS) is 15.0. The van der Waals surface area contributed by atoms with Crippen molar-refractivity contribution >= 4 is 15.9 Å². The maximum Gasteiger partial charge on any atom is 0.247 e. The summed E-state index contributed by atoms with van der Waals surface area (Å²) >= 11 is 0. The second-order valence-corrected chi connectivity index (χ2v) is 10.7. The van der Waals surface area contributed by atoms with Gasteiger partial charge in [0.05, 0.1) is 25.7 Å². The Morgan fingerprint density at radius 3 is 2.36 bits per heavy atom. The molecule has 3 aromatic rings. The standard InChI is InChI=1S/C25H30N4O6S/c1-17-5-8-20(9-6-17)36(31,32)29-13-11-18(12-14-29)25(30)28(2)16-23-26-27-24(35-23)19-7-10-21(33-3)22(15-19)34-4/h5-10,15,18H,11-14,16H2,1-4H3. The van der Waals surface area contributed by atoms with Crippen LogP contribution in [0.5, 0.6) is 11.5 Å². The molecule has 1 aromatic heterocycles. The van der Waals surface area contributed by atoms with Gasteiger partial charge in [0.25, 0.3) is 0 Å². The second kappa shape index (κ2) is 10.7. The van der Waals surface area contributed by atoms with Gasteiger partial charge in [0.2, 0.25) is 27.7 Å². The molecule has 1 aliphatic rings. The Bertz CT molecular complexity index is 1310. The van der Waals surface area contributed by atoms with Crippen LogP contribution in [-0.4, -0.2) is 68.1 Å². The van der Waals surface area contributed by atoms with Crippen LogP contribution < -0.4 is 9.47 Å². The number of sulfonamides is 1. The predicted molar refractivity (Wildman–Crippen MR) is 132 cm³/mol. The number of hydrogen-bond acceptors (Lipinski definition) is 8. The first-order valence-corrected chi connectivity index (χ1v) is 13.0. The maximum atomic E-state index is 13.0. The van der Waals surface area contributed by atoms with Gasteiger partial charge in [0.15, 0.2) is 11.5 Å². The van der Waals surface area contributed by atoms with Crippen LogP contribution in [0.25, 0.3) is 11.5 Å². The molecule has 2 aromatic carbocycles. The molecule has 1 amide bonds. The highest BCUT2D eigenvalue weighted by Crippen LogP contribution is 2.32. The zero-order valence-corrected chi connectivity index (χ0v) is 21.6. The SMILES string of the molecule is COc1ccc(-c2nnc(CN(C)C(=O)C3CCN(S(=O)(=O)c4ccc(C)cc4)CC3)o2)cc1OC. The van der Waals surface area contributed by atoms with Gasteiger partial charge in [-0.1, -0.05) is 17.7 Å². The number of hydrogen-bond donors (Lipinski definition) is 0. The molecule has 0 unspecified atom stereocenters. The molecule has 1 saturated heterocycles. The third-order valence-corrected chi connectivity index (χ3v) is 8.22. The van der Waals surface area contributed by atoms with E-state index in [4.69, 9.17) is 13.9 Å². The van der Waals surface area contributed by atoms with Crippen molar-refractivity contribution in [1.82, 2.24) is 19.4 Å². The van der Waals surface area contributed by atoms with Crippen molar-refractivity contribution in [3.63, 3.8) is 0 Å². The monoisotopic (exact) mass is 514 g/mol. The first-order valence-electron chi connectivity index (χ1n) is 11.6. The van der Waals surface area contributed by atoms with E-state index in [1.54, 1.807) is 68.6 Å². The average molecular weight is 515 g/mol. The van der Waals surface area contributed by atoms with Crippen LogP contribution in [0.1, 0.15) is 24.3 Å². The summed E-state index contributed by atoms with van der Waals surface area (Å²) < 4.78 is 43.7. The maximum absolute atomic E-state index is 13.0. The number of rotatable bonds is 8. The van der Waals surface area contributed by atoms with E-state index in [9.17, 15) is 13.2 Å². The Hall–Kier alpha value is -3.44. The van der Waals surface area contributed by atoms with Crippen molar-refractivity contribution in [2.75, 3.05) is 34.4 Å². The Labute approximate surface area is 210 Å². The lowest BCUT2D eigenvalue weighted by molar-refractivity contribution is -0.136. The van der Waals surface area contributed by atoms with E-state index in [0.29, 0.717) is 54.8 Å². The molecular weight excluding hydrogens is 484 g/mol. The summed E-state index contributed by atoms with van der Waals surface area (Å²) in [5, 5.41) is 8.16. The Morgan fingerprint density at radius 2 is 1.72 bits per heavy atom. The van der Waals surface area contributed by atoms with Gasteiger partial charge < -0.3 is 18.8 Å². The number of methoxy groups -OCH3 is 2. The number of amides is 1. The number of aryl methyl sites for hydroxylation is 1. The molecule has 1 aliphatic heterocycles. The average Bonchev–Trinajstić information content (AvgIpc) is 3.36. The molecule has 10 nitrogen and oxygen atoms in total. The number of piperidine rings is 1. The van der Waals surface area contributed by atoms with Crippen LogP contribution in [0.3, 0.4) is 0 Å². The topological polar surface area (TPSA) is 115 Å². The Morgan fingerprint density at radius 1 is 1.06 bits per heavy atom. The van der Waals surface area contributed by atoms with E-state index < -0.39 is 10.0 Å². The van der Waals surface area contributed by atoms with Crippen molar-refractivity contribution in [2.24, 2.45) is 5.92 Å². The van der Waals surface area contributed by atoms with Gasteiger partial charge in [0.1, 0.15) is 0 Å². The summed E-state index contributed by atoms with van der Waals surface area (Å²) in [4.78, 5) is 14.9. The van der Waals surface area contributed by atoms with Gasteiger partial charge in [0, 0.05) is 31.6 Å². The molecule has 11 heteroatoms. The predicted octanol–water partition coefficient (Wildman–Crippen LogP) is 3.12. The van der Waals surface area contributed by atoms with Crippen molar-refractivity contribution in [3.05, 3.63) is 53.9 Å². The number of benzene rings is 2. The van der Waals surface area contributed by atoms with Crippen molar-refractivity contribution in [1.29, 1.82) is 0 Å². The fourth-order valence-electron chi connectivity index (χ4n) is 4.20. The van der Waals surface area contributed by atoms with E-state index >= 15 is 0 Å². The third kappa shape index (κ3) is 5.36. The molecule has 0 bridgehead atoms. The van der Waals surface area contributed by atoms with E-state index in [2.05, 4.69) is 10.2 Å². The van der Waals surface area contributed by atoms with Crippen LogP contribution in [0.2, 0.25) is 0 Å². The lowest BCUT2D eigenvalue weighted by Gasteiger charge is -2.32. The fourth-order valence-corrected chi connectivity index (χ4v) is 5.67. The van der Waals surface area contributed by atoms with Gasteiger partial charge >= 0.3 is 0 Å². The smallest absolute Gasteiger partial charge is 0.247 e. The van der Waals surface area contributed by atoms with Gasteiger partial charge in [-0.25, -0.2) is 8.42 Å². The highest BCUT2D eigenvalue weighted by Gasteiger charge is 2.33. The first kappa shape index (κ1) is 25.6. The molecular formula is C25H30N4O6S. The van der Waals surface area contributed by atoms with E-state index in [-0.39, 0.29) is 23.3 Å². The molecule has 0 saturated carbocycles. The van der Waals surface area contributed by atoms with E-state index in [1.165, 1.54) is 4.31 Å². The number of nitrogens with zero attached hydrogens (tertiary/aromatic N) is 4. The molecule has 4 rings (SSSR count). The minimum Gasteiger partial charge on any atom is -0.493 e. The van der Waals surface area contributed by atoms with Crippen LogP contribution in [0.4, 0.5) is 0 Å². The zero-order chi connectivity index (χ0) is 25.9. The molecule has 2 heterocycles. The third-order valence-electron chi connectivity index (χ3n) is 6.31. The first-order chi connectivity index (χ1) is 17.2. The highest BCUT2D eigenvalue weighted by molar-refractivity contribution is 7.89. The van der Waals surface area contributed by atoms with E-state index in [1.807, 2.05) is 6.92 Å². The summed E-state index contributed by atoms with van der Waals surface area (Å²) in [6, 6.07) is 12.1. The molecule has 36 heavy (non-hydrogen) atoms. The molecule has 0 N–H and O–H groups in total. The second-order valence-electron chi connectivity index (χ2n) is 8.76. The highest BCUT2D eigenvalue weighted by atomic mass is 32.2. The Kier molecular flexibility index (Phi) is 7.60. The van der Waals surface area contributed by atoms with Crippen LogP contribution in [0, 0.1) is 12.8 Å². The van der Waals surface area contributed by atoms with Crippen LogP contribution in [-0.2, 0) is 21.4 Å². The summed E-state index contributed by atoms with van der Waals surface area (Å²) in [5.74, 6) is 1.39. The summed E-state index contributed by atoms with van der Waals surface area (Å²) in [6.45, 7) is 2.66. The van der Waals surface area contributed by atoms with E-state index in [0.717, 1.165) is 5.56 Å². The van der Waals surface area contributed by atoms with Gasteiger partial charge in [-0.2, -0.15) is 4.31 Å². The largest absolute Gasteiger partial charge is 0.493 e. The van der Waals surface area contributed by atoms with Gasteiger partial charge in [-0.05, 0) is 50.1 Å². The summed E-state index contributed by atoms with van der Waals surface area (Å²) in [6.07, 6.45) is 0.907. The number of carbonyl (C=O) groups excluding carboxylic acids is 1. The van der Waals surface area contributed by atoms with Crippen molar-refractivity contribution in [2.45, 2.75) is 31.2 Å². The number of carbonyl (C=O) groups is 1. The quantitative estimate of drug-likeness (QED) is 0.450. The van der Waals surface area contributed by atoms with Gasteiger partial charge in [-0.3, -0.25) is 4.79 Å². The lowest BCUT2D eigenvalue weighted by Crippen LogP contribution is -2.43. The summed E-state index contributed by atoms with van der Waals surface area (Å²) in [7, 11) is 1.21. The van der Waals surface area contributed by atoms with Gasteiger partial charge in [-0.15, -0.1) is 10.2 Å². The number of ether oxygens (including phenoxy) is 2. The fraction of sp³-hybridized carbons (Fsp3) is 0.400. The van der Waals surface area contributed by atoms with Crippen LogP contribution >= 0.6 is 0 Å². The molecule has 1 fully saturated rings. The number of aromatic nitrogens is 2. The minimum absolute atomic E-state index is 0.0757. The van der Waals surface area contributed by atoms with Crippen LogP contribution in [0.15, 0.2) is 51.8 Å². The minimum atomic E-state index is -3.57. The molecule has 192 valence electrons.